The molecule has 0 atom stereocenters. The third-order valence-electron chi connectivity index (χ3n) is 0.384. The summed E-state index contributed by atoms with van der Waals surface area (Å²) in [6.07, 6.45) is -4.25. The maximum atomic E-state index is 11.1. The van der Waals surface area contributed by atoms with Crippen molar-refractivity contribution in [3.8, 4) is 0 Å². The van der Waals surface area contributed by atoms with E-state index in [9.17, 15) is 13.2 Å². The maximum absolute atomic E-state index is 11.1. The zero-order valence-electron chi connectivity index (χ0n) is 4.03. The van der Waals surface area contributed by atoms with Crippen LogP contribution in [0.5, 0.6) is 0 Å². The average molecular weight is 129 g/mol. The summed E-state index contributed by atoms with van der Waals surface area (Å²) in [4.78, 5) is 0. The van der Waals surface area contributed by atoms with Crippen LogP contribution in [0.2, 0.25) is 0 Å². The molecule has 0 fully saturated rings. The highest BCUT2D eigenvalue weighted by atomic mass is 19.4. The van der Waals surface area contributed by atoms with Gasteiger partial charge in [-0.2, -0.15) is 13.2 Å². The van der Waals surface area contributed by atoms with E-state index >= 15 is 0 Å². The molecular formula is C3H6F3NO. The molecule has 0 aromatic carbocycles. The van der Waals surface area contributed by atoms with Crippen LogP contribution in [-0.2, 0) is 4.74 Å². The monoisotopic (exact) mass is 129 g/mol. The highest BCUT2D eigenvalue weighted by Gasteiger charge is 2.26. The summed E-state index contributed by atoms with van der Waals surface area (Å²) in [5.41, 5.74) is 4.61. The number of alkyl halides is 3. The van der Waals surface area contributed by atoms with Crippen molar-refractivity contribution in [2.75, 3.05) is 13.3 Å². The van der Waals surface area contributed by atoms with Crippen LogP contribution in [0.25, 0.3) is 0 Å². The van der Waals surface area contributed by atoms with E-state index in [1.54, 1.807) is 0 Å². The Kier molecular flexibility index (Phi) is 2.78. The van der Waals surface area contributed by atoms with E-state index in [1.165, 1.54) is 0 Å². The minimum absolute atomic E-state index is 0.389. The molecule has 0 heterocycles. The molecule has 0 aliphatic rings. The molecule has 0 aromatic heterocycles. The minimum atomic E-state index is -4.25. The topological polar surface area (TPSA) is 35.2 Å². The minimum Gasteiger partial charge on any atom is -0.357 e. The summed E-state index contributed by atoms with van der Waals surface area (Å²) >= 11 is 0. The van der Waals surface area contributed by atoms with Gasteiger partial charge in [0.2, 0.25) is 0 Å². The smallest absolute Gasteiger partial charge is 0.357 e. The molecule has 0 radical (unpaired) electrons. The van der Waals surface area contributed by atoms with E-state index in [-0.39, 0.29) is 6.73 Å². The fourth-order valence-electron chi connectivity index (χ4n) is 0.175. The first-order chi connectivity index (χ1) is 3.56. The van der Waals surface area contributed by atoms with E-state index in [0.29, 0.717) is 0 Å². The quantitative estimate of drug-likeness (QED) is 0.550. The number of halogens is 3. The molecule has 5 heteroatoms. The Morgan fingerprint density at radius 2 is 1.88 bits per heavy atom. The number of rotatable bonds is 2. The van der Waals surface area contributed by atoms with Crippen molar-refractivity contribution in [2.24, 2.45) is 5.73 Å². The van der Waals surface area contributed by atoms with Crippen molar-refractivity contribution in [1.29, 1.82) is 0 Å². The first kappa shape index (κ1) is 7.71. The van der Waals surface area contributed by atoms with Crippen molar-refractivity contribution in [2.45, 2.75) is 6.18 Å². The van der Waals surface area contributed by atoms with E-state index in [0.717, 1.165) is 0 Å². The number of ether oxygens (including phenoxy) is 1. The van der Waals surface area contributed by atoms with E-state index < -0.39 is 12.8 Å². The number of nitrogens with two attached hydrogens (primary N) is 1. The molecule has 0 amide bonds. The highest BCUT2D eigenvalue weighted by Crippen LogP contribution is 2.13. The van der Waals surface area contributed by atoms with Gasteiger partial charge in [0.1, 0.15) is 6.61 Å². The Balaban J connectivity index is 3.11. The summed E-state index contributed by atoms with van der Waals surface area (Å²) in [6.45, 7) is -1.65. The van der Waals surface area contributed by atoms with Gasteiger partial charge in [-0.05, 0) is 0 Å². The molecule has 0 aromatic rings. The Morgan fingerprint density at radius 1 is 1.38 bits per heavy atom. The summed E-state index contributed by atoms with van der Waals surface area (Å²) < 4.78 is 37.0. The summed E-state index contributed by atoms with van der Waals surface area (Å²) in [5.74, 6) is 0. The summed E-state index contributed by atoms with van der Waals surface area (Å²) in [6, 6.07) is 0. The molecule has 0 saturated heterocycles. The standard InChI is InChI=1S/C3H6F3NO/c4-3(5,6)1-8-2-7/h1-2,7H2. The molecule has 0 unspecified atom stereocenters. The molecule has 2 N–H and O–H groups in total. The Labute approximate surface area is 44.4 Å². The van der Waals surface area contributed by atoms with Gasteiger partial charge in [0.05, 0.1) is 6.73 Å². The van der Waals surface area contributed by atoms with Gasteiger partial charge in [-0.15, -0.1) is 0 Å². The number of hydrogen-bond donors (Lipinski definition) is 1. The molecule has 8 heavy (non-hydrogen) atoms. The normalized spacial score (nSPS) is 12.0. The molecular weight excluding hydrogens is 123 g/mol. The van der Waals surface area contributed by atoms with Crippen molar-refractivity contribution in [3.05, 3.63) is 0 Å². The van der Waals surface area contributed by atoms with Gasteiger partial charge in [0, 0.05) is 0 Å². The second kappa shape index (κ2) is 2.88. The van der Waals surface area contributed by atoms with Crippen LogP contribution >= 0.6 is 0 Å². The molecule has 2 nitrogen and oxygen atoms in total. The summed E-state index contributed by atoms with van der Waals surface area (Å²) in [7, 11) is 0. The second-order valence-corrected chi connectivity index (χ2v) is 1.13. The van der Waals surface area contributed by atoms with Gasteiger partial charge in [-0.25, -0.2) is 0 Å². The van der Waals surface area contributed by atoms with Gasteiger partial charge in [0.25, 0.3) is 0 Å². The van der Waals surface area contributed by atoms with Crippen molar-refractivity contribution < 1.29 is 17.9 Å². The molecule has 0 saturated carbocycles. The fraction of sp³-hybridized carbons (Fsp3) is 1.00. The average Bonchev–Trinajstić information content (AvgIpc) is 1.59. The van der Waals surface area contributed by atoms with Gasteiger partial charge in [-0.3, -0.25) is 0 Å². The van der Waals surface area contributed by atoms with Crippen molar-refractivity contribution in [3.63, 3.8) is 0 Å². The molecule has 0 aliphatic carbocycles. The van der Waals surface area contributed by atoms with Crippen LogP contribution in [0.15, 0.2) is 0 Å². The lowest BCUT2D eigenvalue weighted by molar-refractivity contribution is -0.173. The third kappa shape index (κ3) is 5.71. The van der Waals surface area contributed by atoms with E-state index in [1.807, 2.05) is 0 Å². The van der Waals surface area contributed by atoms with Crippen LogP contribution in [-0.4, -0.2) is 19.5 Å². The maximum Gasteiger partial charge on any atom is 0.411 e. The molecule has 0 bridgehead atoms. The largest absolute Gasteiger partial charge is 0.411 e. The third-order valence-corrected chi connectivity index (χ3v) is 0.384. The van der Waals surface area contributed by atoms with E-state index in [2.05, 4.69) is 10.5 Å². The zero-order chi connectivity index (χ0) is 6.62. The lowest BCUT2D eigenvalue weighted by Gasteiger charge is -2.03. The van der Waals surface area contributed by atoms with Gasteiger partial charge >= 0.3 is 6.18 Å². The Morgan fingerprint density at radius 3 is 2.00 bits per heavy atom. The fourth-order valence-corrected chi connectivity index (χ4v) is 0.175. The van der Waals surface area contributed by atoms with Gasteiger partial charge in [0.15, 0.2) is 0 Å². The van der Waals surface area contributed by atoms with Gasteiger partial charge in [-0.1, -0.05) is 0 Å². The number of hydrogen-bond acceptors (Lipinski definition) is 2. The Hall–Kier alpha value is -0.290. The Bertz CT molecular complexity index is 62.0. The van der Waals surface area contributed by atoms with Crippen molar-refractivity contribution >= 4 is 0 Å². The second-order valence-electron chi connectivity index (χ2n) is 1.13. The first-order valence-electron chi connectivity index (χ1n) is 1.91. The lowest BCUT2D eigenvalue weighted by Crippen LogP contribution is -2.19. The van der Waals surface area contributed by atoms with E-state index in [4.69, 9.17) is 0 Å². The molecule has 50 valence electrons. The summed E-state index contributed by atoms with van der Waals surface area (Å²) in [5, 5.41) is 0. The predicted octanol–water partition coefficient (Wildman–Crippen LogP) is 0.481. The highest BCUT2D eigenvalue weighted by molar-refractivity contribution is 4.43. The first-order valence-corrected chi connectivity index (χ1v) is 1.91. The van der Waals surface area contributed by atoms with Crippen LogP contribution in [0.1, 0.15) is 0 Å². The molecule has 0 aliphatic heterocycles. The van der Waals surface area contributed by atoms with Crippen molar-refractivity contribution in [1.82, 2.24) is 0 Å². The van der Waals surface area contributed by atoms with Gasteiger partial charge < -0.3 is 10.5 Å². The van der Waals surface area contributed by atoms with Crippen LogP contribution in [0, 0.1) is 0 Å². The zero-order valence-corrected chi connectivity index (χ0v) is 4.03. The lowest BCUT2D eigenvalue weighted by atomic mass is 10.7. The van der Waals surface area contributed by atoms with Crippen LogP contribution in [0.3, 0.4) is 0 Å². The SMILES string of the molecule is NCOCC(F)(F)F. The van der Waals surface area contributed by atoms with Crippen LogP contribution in [0.4, 0.5) is 13.2 Å². The molecule has 0 rings (SSSR count). The van der Waals surface area contributed by atoms with Crippen LogP contribution < -0.4 is 5.73 Å². The molecule has 0 spiro atoms. The predicted molar refractivity (Wildman–Crippen MR) is 21.1 cm³/mol.